The number of hydrogen-bond donors (Lipinski definition) is 1. The summed E-state index contributed by atoms with van der Waals surface area (Å²) < 4.78 is 0. The molecule has 0 bridgehead atoms. The van der Waals surface area contributed by atoms with Gasteiger partial charge in [0.1, 0.15) is 0 Å². The van der Waals surface area contributed by atoms with Crippen molar-refractivity contribution in [3.05, 3.63) is 47.1 Å². The molecule has 0 spiro atoms. The average molecular weight is 327 g/mol. The fourth-order valence-corrected chi connectivity index (χ4v) is 3.59. The zero-order valence-corrected chi connectivity index (χ0v) is 16.0. The summed E-state index contributed by atoms with van der Waals surface area (Å²) in [6.07, 6.45) is 8.03. The van der Waals surface area contributed by atoms with Crippen molar-refractivity contribution in [1.29, 1.82) is 0 Å². The van der Waals surface area contributed by atoms with Crippen LogP contribution in [0.4, 0.5) is 5.69 Å². The smallest absolute Gasteiger partial charge is 0.0350 e. The zero-order chi connectivity index (χ0) is 17.7. The third kappa shape index (κ3) is 4.30. The molecular weight excluding hydrogens is 292 g/mol. The van der Waals surface area contributed by atoms with Crippen LogP contribution in [0.3, 0.4) is 0 Å². The number of unbranched alkanes of at least 4 members (excludes halogenated alkanes) is 1. The molecule has 0 aromatic heterocycles. The van der Waals surface area contributed by atoms with Crippen molar-refractivity contribution in [3.8, 4) is 0 Å². The van der Waals surface area contributed by atoms with Gasteiger partial charge in [0.25, 0.3) is 0 Å². The summed E-state index contributed by atoms with van der Waals surface area (Å²) in [7, 11) is 0. The highest BCUT2D eigenvalue weighted by atomic mass is 15.1. The predicted octanol–water partition coefficient (Wildman–Crippen LogP) is 5.36. The number of nitrogen functional groups attached to an aromatic ring is 1. The largest absolute Gasteiger partial charge is 0.398 e. The van der Waals surface area contributed by atoms with Crippen molar-refractivity contribution in [2.75, 3.05) is 18.8 Å². The lowest BCUT2D eigenvalue weighted by molar-refractivity contribution is 0.225. The lowest BCUT2D eigenvalue weighted by Crippen LogP contribution is -2.37. The van der Waals surface area contributed by atoms with Crippen LogP contribution in [-0.4, -0.2) is 24.0 Å². The van der Waals surface area contributed by atoms with Crippen molar-refractivity contribution >= 4 is 11.3 Å². The van der Waals surface area contributed by atoms with Crippen LogP contribution in [-0.2, 0) is 6.42 Å². The van der Waals surface area contributed by atoms with E-state index in [1.807, 2.05) is 0 Å². The predicted molar refractivity (Wildman–Crippen MR) is 107 cm³/mol. The summed E-state index contributed by atoms with van der Waals surface area (Å²) >= 11 is 0. The van der Waals surface area contributed by atoms with Gasteiger partial charge in [-0.1, -0.05) is 44.6 Å². The van der Waals surface area contributed by atoms with Gasteiger partial charge >= 0.3 is 0 Å². The molecule has 1 unspecified atom stereocenters. The first-order chi connectivity index (χ1) is 11.5. The molecule has 2 heteroatoms. The van der Waals surface area contributed by atoms with Crippen LogP contribution in [0.25, 0.3) is 5.57 Å². The van der Waals surface area contributed by atoms with Crippen LogP contribution in [0.1, 0.15) is 63.1 Å². The third-order valence-corrected chi connectivity index (χ3v) is 5.36. The molecule has 0 fully saturated rings. The SMILES string of the molecule is C=C(CC)CC1=CCN(CCCC)C(C)Cc2ccc(N)c(C)c21. The van der Waals surface area contributed by atoms with Crippen LogP contribution in [0.5, 0.6) is 0 Å². The first-order valence-electron chi connectivity index (χ1n) is 9.45. The van der Waals surface area contributed by atoms with Crippen molar-refractivity contribution in [1.82, 2.24) is 4.90 Å². The van der Waals surface area contributed by atoms with Crippen LogP contribution < -0.4 is 5.73 Å². The second-order valence-electron chi connectivity index (χ2n) is 7.23. The van der Waals surface area contributed by atoms with Crippen molar-refractivity contribution in [3.63, 3.8) is 0 Å². The van der Waals surface area contributed by atoms with Crippen LogP contribution >= 0.6 is 0 Å². The monoisotopic (exact) mass is 326 g/mol. The van der Waals surface area contributed by atoms with E-state index in [4.69, 9.17) is 5.73 Å². The van der Waals surface area contributed by atoms with E-state index in [9.17, 15) is 0 Å². The molecule has 0 saturated heterocycles. The van der Waals surface area contributed by atoms with Gasteiger partial charge in [0.15, 0.2) is 0 Å². The standard InChI is InChI=1S/C22H34N2/c1-6-8-12-24-13-11-20(14-16(3)7-2)22-18(5)21(23)10-9-19(22)15-17(24)4/h9-11,17H,3,6-8,12-15,23H2,1-2,4-5H3. The Balaban J connectivity index is 2.44. The molecule has 24 heavy (non-hydrogen) atoms. The van der Waals surface area contributed by atoms with E-state index in [0.717, 1.165) is 31.5 Å². The third-order valence-electron chi connectivity index (χ3n) is 5.36. The van der Waals surface area contributed by atoms with Crippen LogP contribution in [0.2, 0.25) is 0 Å². The van der Waals surface area contributed by atoms with Gasteiger partial charge in [0.05, 0.1) is 0 Å². The maximum absolute atomic E-state index is 6.23. The average Bonchev–Trinajstić information content (AvgIpc) is 2.56. The van der Waals surface area contributed by atoms with Gasteiger partial charge in [0, 0.05) is 18.3 Å². The molecule has 1 aliphatic rings. The minimum absolute atomic E-state index is 0.561. The number of fused-ring (bicyclic) bond motifs is 1. The summed E-state index contributed by atoms with van der Waals surface area (Å²) in [5, 5.41) is 0. The summed E-state index contributed by atoms with van der Waals surface area (Å²) in [6.45, 7) is 15.4. The molecule has 0 aliphatic carbocycles. The molecule has 132 valence electrons. The highest BCUT2D eigenvalue weighted by molar-refractivity contribution is 5.76. The molecule has 2 rings (SSSR count). The van der Waals surface area contributed by atoms with E-state index in [2.05, 4.69) is 57.4 Å². The number of allylic oxidation sites excluding steroid dienone is 2. The first kappa shape index (κ1) is 18.8. The van der Waals surface area contributed by atoms with Crippen molar-refractivity contribution in [2.45, 2.75) is 65.8 Å². The van der Waals surface area contributed by atoms with Crippen LogP contribution in [0, 0.1) is 6.92 Å². The molecule has 1 aromatic carbocycles. The Labute approximate surface area is 148 Å². The summed E-state index contributed by atoms with van der Waals surface area (Å²) in [5.74, 6) is 0. The molecule has 1 heterocycles. The van der Waals surface area contributed by atoms with Gasteiger partial charge in [-0.3, -0.25) is 4.90 Å². The molecule has 2 N–H and O–H groups in total. The lowest BCUT2D eigenvalue weighted by Gasteiger charge is -2.32. The fourth-order valence-electron chi connectivity index (χ4n) is 3.59. The Kier molecular flexibility index (Phi) is 6.68. The van der Waals surface area contributed by atoms with E-state index in [1.165, 1.54) is 47.2 Å². The Morgan fingerprint density at radius 2 is 2.08 bits per heavy atom. The Bertz CT molecular complexity index is 613. The molecule has 2 nitrogen and oxygen atoms in total. The number of nitrogens with zero attached hydrogens (tertiary/aromatic N) is 1. The second-order valence-corrected chi connectivity index (χ2v) is 7.23. The van der Waals surface area contributed by atoms with Gasteiger partial charge < -0.3 is 5.73 Å². The topological polar surface area (TPSA) is 29.3 Å². The lowest BCUT2D eigenvalue weighted by atomic mass is 9.86. The van der Waals surface area contributed by atoms with Crippen molar-refractivity contribution in [2.24, 2.45) is 0 Å². The van der Waals surface area contributed by atoms with Gasteiger partial charge in [0.2, 0.25) is 0 Å². The number of anilines is 1. The molecular formula is C22H34N2. The van der Waals surface area contributed by atoms with Gasteiger partial charge in [-0.2, -0.15) is 0 Å². The number of nitrogens with two attached hydrogens (primary N) is 1. The second kappa shape index (κ2) is 8.53. The Morgan fingerprint density at radius 1 is 1.33 bits per heavy atom. The summed E-state index contributed by atoms with van der Waals surface area (Å²) in [4.78, 5) is 2.62. The van der Waals surface area contributed by atoms with Gasteiger partial charge in [-0.05, 0) is 74.4 Å². The van der Waals surface area contributed by atoms with E-state index < -0.39 is 0 Å². The molecule has 1 aliphatic heterocycles. The van der Waals surface area contributed by atoms with E-state index in [-0.39, 0.29) is 0 Å². The van der Waals surface area contributed by atoms with E-state index >= 15 is 0 Å². The van der Waals surface area contributed by atoms with Crippen LogP contribution in [0.15, 0.2) is 30.4 Å². The molecule has 0 saturated carbocycles. The Morgan fingerprint density at radius 3 is 2.75 bits per heavy atom. The highest BCUT2D eigenvalue weighted by Crippen LogP contribution is 2.34. The quantitative estimate of drug-likeness (QED) is 0.563. The molecule has 1 aromatic rings. The number of benzene rings is 1. The fraction of sp³-hybridized carbons (Fsp3) is 0.545. The minimum Gasteiger partial charge on any atom is -0.398 e. The van der Waals surface area contributed by atoms with E-state index in [1.54, 1.807) is 0 Å². The summed E-state index contributed by atoms with van der Waals surface area (Å²) in [6, 6.07) is 4.87. The minimum atomic E-state index is 0.561. The van der Waals surface area contributed by atoms with Gasteiger partial charge in [-0.15, -0.1) is 0 Å². The maximum Gasteiger partial charge on any atom is 0.0350 e. The Hall–Kier alpha value is -1.54. The number of hydrogen-bond acceptors (Lipinski definition) is 2. The normalized spacial score (nSPS) is 18.5. The zero-order valence-electron chi connectivity index (χ0n) is 16.0. The highest BCUT2D eigenvalue weighted by Gasteiger charge is 2.21. The van der Waals surface area contributed by atoms with E-state index in [0.29, 0.717) is 6.04 Å². The summed E-state index contributed by atoms with van der Waals surface area (Å²) in [5.41, 5.74) is 13.9. The molecule has 0 radical (unpaired) electrons. The van der Waals surface area contributed by atoms with Crippen molar-refractivity contribution < 1.29 is 0 Å². The maximum atomic E-state index is 6.23. The molecule has 1 atom stereocenters. The molecule has 0 amide bonds. The first-order valence-corrected chi connectivity index (χ1v) is 9.45. The number of rotatable bonds is 6. The van der Waals surface area contributed by atoms with Gasteiger partial charge in [-0.25, -0.2) is 0 Å².